The first-order chi connectivity index (χ1) is 8.70. The molecule has 3 nitrogen and oxygen atoms in total. The first-order valence-corrected chi connectivity index (χ1v) is 5.94. The number of hydrogen-bond donors (Lipinski definition) is 0. The van der Waals surface area contributed by atoms with Gasteiger partial charge >= 0.3 is 0 Å². The van der Waals surface area contributed by atoms with Crippen molar-refractivity contribution in [2.75, 3.05) is 11.9 Å². The lowest BCUT2D eigenvalue weighted by Gasteiger charge is -2.20. The second kappa shape index (κ2) is 5.65. The van der Waals surface area contributed by atoms with Crippen molar-refractivity contribution >= 4 is 23.6 Å². The van der Waals surface area contributed by atoms with Crippen LogP contribution < -0.4 is 4.90 Å². The van der Waals surface area contributed by atoms with E-state index in [1.807, 2.05) is 30.1 Å². The third-order valence-corrected chi connectivity index (χ3v) is 2.89. The summed E-state index contributed by atoms with van der Waals surface area (Å²) in [5.74, 6) is 0. The molecule has 0 saturated carbocycles. The van der Waals surface area contributed by atoms with Crippen molar-refractivity contribution in [3.8, 4) is 0 Å². The van der Waals surface area contributed by atoms with Crippen molar-refractivity contribution in [2.24, 2.45) is 0 Å². The van der Waals surface area contributed by atoms with Gasteiger partial charge in [0.05, 0.1) is 12.2 Å². The normalized spacial score (nSPS) is 10.1. The van der Waals surface area contributed by atoms with E-state index in [9.17, 15) is 4.79 Å². The van der Waals surface area contributed by atoms with Crippen LogP contribution in [0.2, 0.25) is 5.02 Å². The molecule has 0 amide bonds. The van der Waals surface area contributed by atoms with E-state index in [0.717, 1.165) is 17.7 Å². The Hall–Kier alpha value is -1.87. The average molecular weight is 261 g/mol. The van der Waals surface area contributed by atoms with Crippen LogP contribution in [0.1, 0.15) is 16.1 Å². The van der Waals surface area contributed by atoms with Crippen LogP contribution in [0.5, 0.6) is 0 Å². The Morgan fingerprint density at radius 1 is 1.33 bits per heavy atom. The van der Waals surface area contributed by atoms with Crippen molar-refractivity contribution in [3.63, 3.8) is 0 Å². The zero-order valence-corrected chi connectivity index (χ0v) is 10.8. The summed E-state index contributed by atoms with van der Waals surface area (Å²) in [5, 5.41) is 0.614. The Morgan fingerprint density at radius 2 is 2.17 bits per heavy atom. The van der Waals surface area contributed by atoms with Crippen molar-refractivity contribution < 1.29 is 4.79 Å². The standard InChI is InChI=1S/C14H13ClN2O/c1-17(9-13-4-2-3-7-16-13)14-8-12(15)6-5-11(14)10-18/h2-8,10H,9H2,1H3. The van der Waals surface area contributed by atoms with Gasteiger partial charge < -0.3 is 4.90 Å². The third kappa shape index (κ3) is 2.87. The Kier molecular flexibility index (Phi) is 3.95. The molecule has 0 aliphatic heterocycles. The summed E-state index contributed by atoms with van der Waals surface area (Å²) in [6.07, 6.45) is 2.59. The van der Waals surface area contributed by atoms with Gasteiger partial charge in [0.25, 0.3) is 0 Å². The summed E-state index contributed by atoms with van der Waals surface area (Å²) >= 11 is 5.96. The molecular formula is C14H13ClN2O. The third-order valence-electron chi connectivity index (χ3n) is 2.66. The number of pyridine rings is 1. The molecule has 0 N–H and O–H groups in total. The van der Waals surface area contributed by atoms with Crippen LogP contribution in [0, 0.1) is 0 Å². The maximum atomic E-state index is 11.0. The Balaban J connectivity index is 2.25. The minimum absolute atomic E-state index is 0.614. The van der Waals surface area contributed by atoms with Crippen LogP contribution in [-0.2, 0) is 6.54 Å². The molecule has 1 aromatic carbocycles. The van der Waals surface area contributed by atoms with E-state index in [1.54, 1.807) is 24.4 Å². The maximum Gasteiger partial charge on any atom is 0.152 e. The van der Waals surface area contributed by atoms with E-state index in [1.165, 1.54) is 0 Å². The van der Waals surface area contributed by atoms with Crippen molar-refractivity contribution in [3.05, 3.63) is 58.9 Å². The van der Waals surface area contributed by atoms with Crippen LogP contribution in [0.25, 0.3) is 0 Å². The molecule has 1 aromatic heterocycles. The zero-order valence-electron chi connectivity index (χ0n) is 10.0. The molecule has 0 unspecified atom stereocenters. The molecule has 92 valence electrons. The van der Waals surface area contributed by atoms with E-state index in [4.69, 9.17) is 11.6 Å². The molecule has 2 aromatic rings. The number of hydrogen-bond acceptors (Lipinski definition) is 3. The van der Waals surface area contributed by atoms with E-state index in [0.29, 0.717) is 17.1 Å². The lowest BCUT2D eigenvalue weighted by Crippen LogP contribution is -2.18. The van der Waals surface area contributed by atoms with Crippen LogP contribution in [0.15, 0.2) is 42.6 Å². The summed E-state index contributed by atoms with van der Waals surface area (Å²) in [6, 6.07) is 11.0. The second-order valence-corrected chi connectivity index (χ2v) is 4.43. The van der Waals surface area contributed by atoms with Gasteiger partial charge in [-0.25, -0.2) is 0 Å². The van der Waals surface area contributed by atoms with Crippen LogP contribution >= 0.6 is 11.6 Å². The van der Waals surface area contributed by atoms with Crippen LogP contribution in [-0.4, -0.2) is 18.3 Å². The molecule has 0 radical (unpaired) electrons. The van der Waals surface area contributed by atoms with Gasteiger partial charge in [0, 0.05) is 29.5 Å². The van der Waals surface area contributed by atoms with Gasteiger partial charge in [0.2, 0.25) is 0 Å². The molecule has 0 spiro atoms. The lowest BCUT2D eigenvalue weighted by atomic mass is 10.1. The number of anilines is 1. The number of benzene rings is 1. The van der Waals surface area contributed by atoms with Crippen molar-refractivity contribution in [1.82, 2.24) is 4.98 Å². The zero-order chi connectivity index (χ0) is 13.0. The molecular weight excluding hydrogens is 248 g/mol. The first kappa shape index (κ1) is 12.6. The number of aldehydes is 1. The molecule has 0 aliphatic carbocycles. The van der Waals surface area contributed by atoms with Gasteiger partial charge in [0.15, 0.2) is 6.29 Å². The topological polar surface area (TPSA) is 33.2 Å². The molecule has 2 rings (SSSR count). The van der Waals surface area contributed by atoms with E-state index >= 15 is 0 Å². The number of rotatable bonds is 4. The van der Waals surface area contributed by atoms with Crippen molar-refractivity contribution in [2.45, 2.75) is 6.54 Å². The summed E-state index contributed by atoms with van der Waals surface area (Å²) in [7, 11) is 1.91. The highest BCUT2D eigenvalue weighted by molar-refractivity contribution is 6.31. The average Bonchev–Trinajstić information content (AvgIpc) is 2.40. The summed E-state index contributed by atoms with van der Waals surface area (Å²) in [5.41, 5.74) is 2.37. The molecule has 4 heteroatoms. The van der Waals surface area contributed by atoms with Gasteiger partial charge in [-0.15, -0.1) is 0 Å². The number of halogens is 1. The van der Waals surface area contributed by atoms with Gasteiger partial charge in [-0.3, -0.25) is 9.78 Å². The Bertz CT molecular complexity index is 543. The molecule has 1 heterocycles. The first-order valence-electron chi connectivity index (χ1n) is 5.56. The monoisotopic (exact) mass is 260 g/mol. The molecule has 18 heavy (non-hydrogen) atoms. The Labute approximate surface area is 111 Å². The molecule has 0 aliphatic rings. The predicted molar refractivity (Wildman–Crippen MR) is 73.2 cm³/mol. The van der Waals surface area contributed by atoms with E-state index in [-0.39, 0.29) is 0 Å². The van der Waals surface area contributed by atoms with Gasteiger partial charge in [-0.2, -0.15) is 0 Å². The lowest BCUT2D eigenvalue weighted by molar-refractivity contribution is 0.112. The molecule has 0 fully saturated rings. The maximum absolute atomic E-state index is 11.0. The summed E-state index contributed by atoms with van der Waals surface area (Å²) in [6.45, 7) is 0.627. The SMILES string of the molecule is CN(Cc1ccccn1)c1cc(Cl)ccc1C=O. The minimum Gasteiger partial charge on any atom is -0.368 e. The highest BCUT2D eigenvalue weighted by Gasteiger charge is 2.08. The molecule has 0 bridgehead atoms. The highest BCUT2D eigenvalue weighted by atomic mass is 35.5. The smallest absolute Gasteiger partial charge is 0.152 e. The van der Waals surface area contributed by atoms with Gasteiger partial charge in [-0.05, 0) is 30.3 Å². The van der Waals surface area contributed by atoms with Crippen LogP contribution in [0.4, 0.5) is 5.69 Å². The fourth-order valence-corrected chi connectivity index (χ4v) is 1.93. The number of nitrogens with zero attached hydrogens (tertiary/aromatic N) is 2. The Morgan fingerprint density at radius 3 is 2.83 bits per heavy atom. The molecule has 0 saturated heterocycles. The van der Waals surface area contributed by atoms with E-state index in [2.05, 4.69) is 4.98 Å². The van der Waals surface area contributed by atoms with Gasteiger partial charge in [0.1, 0.15) is 0 Å². The van der Waals surface area contributed by atoms with Crippen LogP contribution in [0.3, 0.4) is 0 Å². The van der Waals surface area contributed by atoms with Gasteiger partial charge in [-0.1, -0.05) is 17.7 Å². The minimum atomic E-state index is 0.614. The largest absolute Gasteiger partial charge is 0.368 e. The summed E-state index contributed by atoms with van der Waals surface area (Å²) < 4.78 is 0. The highest BCUT2D eigenvalue weighted by Crippen LogP contribution is 2.23. The fraction of sp³-hybridized carbons (Fsp3) is 0.143. The second-order valence-electron chi connectivity index (χ2n) is 4.00. The fourth-order valence-electron chi connectivity index (χ4n) is 1.77. The summed E-state index contributed by atoms with van der Waals surface area (Å²) in [4.78, 5) is 17.2. The predicted octanol–water partition coefficient (Wildman–Crippen LogP) is 3.18. The quantitative estimate of drug-likeness (QED) is 0.792. The van der Waals surface area contributed by atoms with Crippen molar-refractivity contribution in [1.29, 1.82) is 0 Å². The number of aromatic nitrogens is 1. The number of carbonyl (C=O) groups excluding carboxylic acids is 1. The van der Waals surface area contributed by atoms with E-state index < -0.39 is 0 Å². The number of carbonyl (C=O) groups is 1. The molecule has 0 atom stereocenters.